The van der Waals surface area contributed by atoms with E-state index < -0.39 is 5.82 Å². The second kappa shape index (κ2) is 6.35. The molecule has 1 amide bonds. The molecule has 0 aliphatic heterocycles. The van der Waals surface area contributed by atoms with Gasteiger partial charge in [0.25, 0.3) is 5.91 Å². The lowest BCUT2D eigenvalue weighted by Crippen LogP contribution is -2.17. The maximum atomic E-state index is 13.4. The standard InChI is InChI=1S/C16H18FN3O/c1-4-18-15-13(8-12(17)9-19-15)16(21)20-14-7-5-6-10(2)11(14)3/h5-9H,4H2,1-3H3,(H,18,19)(H,20,21). The van der Waals surface area contributed by atoms with Gasteiger partial charge in [-0.15, -0.1) is 0 Å². The summed E-state index contributed by atoms with van der Waals surface area (Å²) in [7, 11) is 0. The Balaban J connectivity index is 2.32. The normalized spacial score (nSPS) is 10.3. The summed E-state index contributed by atoms with van der Waals surface area (Å²) in [6.45, 7) is 6.39. The molecule has 2 aromatic rings. The number of rotatable bonds is 4. The fraction of sp³-hybridized carbons (Fsp3) is 0.250. The SMILES string of the molecule is CCNc1ncc(F)cc1C(=O)Nc1cccc(C)c1C. The molecule has 0 saturated heterocycles. The van der Waals surface area contributed by atoms with Gasteiger partial charge in [-0.1, -0.05) is 12.1 Å². The fourth-order valence-corrected chi connectivity index (χ4v) is 2.00. The van der Waals surface area contributed by atoms with E-state index in [4.69, 9.17) is 0 Å². The minimum Gasteiger partial charge on any atom is -0.370 e. The first-order valence-electron chi connectivity index (χ1n) is 6.80. The van der Waals surface area contributed by atoms with Gasteiger partial charge in [-0.3, -0.25) is 4.79 Å². The van der Waals surface area contributed by atoms with Gasteiger partial charge < -0.3 is 10.6 Å². The monoisotopic (exact) mass is 287 g/mol. The Bertz CT molecular complexity index is 671. The third kappa shape index (κ3) is 3.37. The summed E-state index contributed by atoms with van der Waals surface area (Å²) in [6.07, 6.45) is 1.09. The highest BCUT2D eigenvalue weighted by molar-refractivity contribution is 6.07. The molecular weight excluding hydrogens is 269 g/mol. The van der Waals surface area contributed by atoms with E-state index in [1.54, 1.807) is 0 Å². The maximum Gasteiger partial charge on any atom is 0.259 e. The summed E-state index contributed by atoms with van der Waals surface area (Å²) >= 11 is 0. The summed E-state index contributed by atoms with van der Waals surface area (Å²) in [4.78, 5) is 16.3. The van der Waals surface area contributed by atoms with E-state index in [-0.39, 0.29) is 11.5 Å². The smallest absolute Gasteiger partial charge is 0.259 e. The van der Waals surface area contributed by atoms with Crippen molar-refractivity contribution in [3.63, 3.8) is 0 Å². The van der Waals surface area contributed by atoms with Gasteiger partial charge in [0.2, 0.25) is 0 Å². The summed E-state index contributed by atoms with van der Waals surface area (Å²) < 4.78 is 13.4. The van der Waals surface area contributed by atoms with Gasteiger partial charge in [-0.05, 0) is 44.0 Å². The lowest BCUT2D eigenvalue weighted by atomic mass is 10.1. The van der Waals surface area contributed by atoms with Crippen LogP contribution < -0.4 is 10.6 Å². The number of benzene rings is 1. The van der Waals surface area contributed by atoms with Crippen LogP contribution in [-0.2, 0) is 0 Å². The molecule has 0 atom stereocenters. The quantitative estimate of drug-likeness (QED) is 0.904. The third-order valence-electron chi connectivity index (χ3n) is 3.30. The summed E-state index contributed by atoms with van der Waals surface area (Å²) in [6, 6.07) is 6.84. The molecule has 0 radical (unpaired) electrons. The van der Waals surface area contributed by atoms with E-state index in [2.05, 4.69) is 15.6 Å². The molecule has 2 N–H and O–H groups in total. The fourth-order valence-electron chi connectivity index (χ4n) is 2.00. The van der Waals surface area contributed by atoms with Crippen LogP contribution in [0.3, 0.4) is 0 Å². The molecule has 0 aliphatic rings. The van der Waals surface area contributed by atoms with Crippen LogP contribution in [0.15, 0.2) is 30.5 Å². The molecule has 1 aromatic carbocycles. The van der Waals surface area contributed by atoms with E-state index in [9.17, 15) is 9.18 Å². The second-order valence-electron chi connectivity index (χ2n) is 4.78. The average Bonchev–Trinajstić information content (AvgIpc) is 2.46. The number of hydrogen-bond donors (Lipinski definition) is 2. The van der Waals surface area contributed by atoms with E-state index in [0.29, 0.717) is 18.1 Å². The van der Waals surface area contributed by atoms with Crippen molar-refractivity contribution in [2.24, 2.45) is 0 Å². The van der Waals surface area contributed by atoms with Crippen molar-refractivity contribution >= 4 is 17.4 Å². The molecule has 4 nitrogen and oxygen atoms in total. The van der Waals surface area contributed by atoms with E-state index in [0.717, 1.165) is 17.3 Å². The summed E-state index contributed by atoms with van der Waals surface area (Å²) in [5.41, 5.74) is 2.97. The Labute approximate surface area is 123 Å². The van der Waals surface area contributed by atoms with Crippen LogP contribution in [0.4, 0.5) is 15.9 Å². The lowest BCUT2D eigenvalue weighted by Gasteiger charge is -2.13. The van der Waals surface area contributed by atoms with Crippen molar-refractivity contribution in [1.29, 1.82) is 0 Å². The number of halogens is 1. The highest BCUT2D eigenvalue weighted by atomic mass is 19.1. The number of aryl methyl sites for hydroxylation is 1. The van der Waals surface area contributed by atoms with Gasteiger partial charge in [0.15, 0.2) is 0 Å². The Morgan fingerprint density at radius 1 is 1.33 bits per heavy atom. The zero-order valence-electron chi connectivity index (χ0n) is 12.3. The molecule has 2 rings (SSSR count). The largest absolute Gasteiger partial charge is 0.370 e. The molecule has 0 aliphatic carbocycles. The van der Waals surface area contributed by atoms with Crippen LogP contribution in [0.2, 0.25) is 0 Å². The maximum absolute atomic E-state index is 13.4. The van der Waals surface area contributed by atoms with Crippen LogP contribution in [0.25, 0.3) is 0 Å². The van der Waals surface area contributed by atoms with Crippen LogP contribution in [0.5, 0.6) is 0 Å². The highest BCUT2D eigenvalue weighted by Gasteiger charge is 2.15. The average molecular weight is 287 g/mol. The lowest BCUT2D eigenvalue weighted by molar-refractivity contribution is 0.102. The molecule has 1 aromatic heterocycles. The number of anilines is 2. The predicted molar refractivity (Wildman–Crippen MR) is 82.2 cm³/mol. The van der Waals surface area contributed by atoms with Gasteiger partial charge in [0.1, 0.15) is 11.6 Å². The van der Waals surface area contributed by atoms with Crippen molar-refractivity contribution in [2.45, 2.75) is 20.8 Å². The number of nitrogens with one attached hydrogen (secondary N) is 2. The first-order valence-corrected chi connectivity index (χ1v) is 6.80. The first-order chi connectivity index (χ1) is 10.0. The molecular formula is C16H18FN3O. The van der Waals surface area contributed by atoms with E-state index in [1.807, 2.05) is 39.0 Å². The molecule has 1 heterocycles. The Kier molecular flexibility index (Phi) is 4.52. The first kappa shape index (κ1) is 15.0. The molecule has 5 heteroatoms. The molecule has 0 saturated carbocycles. The molecule has 0 fully saturated rings. The second-order valence-corrected chi connectivity index (χ2v) is 4.78. The number of pyridine rings is 1. The summed E-state index contributed by atoms with van der Waals surface area (Å²) in [5.74, 6) is -0.545. The number of nitrogens with zero attached hydrogens (tertiary/aromatic N) is 1. The van der Waals surface area contributed by atoms with Crippen molar-refractivity contribution in [2.75, 3.05) is 17.2 Å². The molecule has 0 spiro atoms. The topological polar surface area (TPSA) is 54.0 Å². The zero-order valence-corrected chi connectivity index (χ0v) is 12.3. The third-order valence-corrected chi connectivity index (χ3v) is 3.30. The Hall–Kier alpha value is -2.43. The Morgan fingerprint density at radius 2 is 2.10 bits per heavy atom. The van der Waals surface area contributed by atoms with E-state index in [1.165, 1.54) is 6.07 Å². The molecule has 0 unspecified atom stereocenters. The van der Waals surface area contributed by atoms with Gasteiger partial charge in [-0.2, -0.15) is 0 Å². The molecule has 21 heavy (non-hydrogen) atoms. The van der Waals surface area contributed by atoms with Crippen molar-refractivity contribution in [1.82, 2.24) is 4.98 Å². The minimum absolute atomic E-state index is 0.192. The van der Waals surface area contributed by atoms with Crippen molar-refractivity contribution in [3.05, 3.63) is 53.0 Å². The number of carbonyl (C=O) groups excluding carboxylic acids is 1. The predicted octanol–water partition coefficient (Wildman–Crippen LogP) is 3.52. The summed E-state index contributed by atoms with van der Waals surface area (Å²) in [5, 5.41) is 5.77. The number of hydrogen-bond acceptors (Lipinski definition) is 3. The van der Waals surface area contributed by atoms with Gasteiger partial charge in [0.05, 0.1) is 11.8 Å². The van der Waals surface area contributed by atoms with Crippen LogP contribution in [0, 0.1) is 19.7 Å². The van der Waals surface area contributed by atoms with Crippen LogP contribution in [0.1, 0.15) is 28.4 Å². The number of carbonyl (C=O) groups is 1. The highest BCUT2D eigenvalue weighted by Crippen LogP contribution is 2.21. The molecule has 110 valence electrons. The van der Waals surface area contributed by atoms with Crippen LogP contribution in [-0.4, -0.2) is 17.4 Å². The number of aromatic nitrogens is 1. The number of amides is 1. The van der Waals surface area contributed by atoms with Crippen molar-refractivity contribution < 1.29 is 9.18 Å². The van der Waals surface area contributed by atoms with Gasteiger partial charge >= 0.3 is 0 Å². The Morgan fingerprint density at radius 3 is 2.81 bits per heavy atom. The zero-order chi connectivity index (χ0) is 15.4. The van der Waals surface area contributed by atoms with Crippen molar-refractivity contribution in [3.8, 4) is 0 Å². The van der Waals surface area contributed by atoms with E-state index >= 15 is 0 Å². The van der Waals surface area contributed by atoms with Gasteiger partial charge in [-0.25, -0.2) is 9.37 Å². The van der Waals surface area contributed by atoms with Gasteiger partial charge in [0, 0.05) is 12.2 Å². The van der Waals surface area contributed by atoms with Crippen LogP contribution >= 0.6 is 0 Å². The molecule has 0 bridgehead atoms. The minimum atomic E-state index is -0.539.